The molecule has 0 radical (unpaired) electrons. The van der Waals surface area contributed by atoms with Gasteiger partial charge >= 0.3 is 5.97 Å². The van der Waals surface area contributed by atoms with E-state index in [1.165, 1.54) is 0 Å². The van der Waals surface area contributed by atoms with E-state index in [1.54, 1.807) is 6.92 Å². The number of aliphatic hydroxyl groups excluding tert-OH is 1. The van der Waals surface area contributed by atoms with Gasteiger partial charge in [0, 0.05) is 0 Å². The van der Waals surface area contributed by atoms with Gasteiger partial charge in [0.25, 0.3) is 0 Å². The van der Waals surface area contributed by atoms with Gasteiger partial charge in [-0.05, 0) is 32.1 Å². The van der Waals surface area contributed by atoms with Crippen molar-refractivity contribution in [2.75, 3.05) is 0 Å². The molecular weight excluding hydrogens is 208 g/mol. The minimum Gasteiger partial charge on any atom is -0.481 e. The molecule has 0 aromatic rings. The molecule has 94 valence electrons. The Morgan fingerprint density at radius 2 is 2.00 bits per heavy atom. The molecule has 1 heterocycles. The summed E-state index contributed by atoms with van der Waals surface area (Å²) in [4.78, 5) is 10.8. The fourth-order valence-corrected chi connectivity index (χ4v) is 1.98. The maximum absolute atomic E-state index is 10.8. The highest BCUT2D eigenvalue weighted by molar-refractivity contribution is 5.70. The summed E-state index contributed by atoms with van der Waals surface area (Å²) in [6, 6.07) is 0. The average Bonchev–Trinajstić information content (AvgIpc) is 2.64. The zero-order chi connectivity index (χ0) is 12.3. The lowest BCUT2D eigenvalue weighted by Crippen LogP contribution is -2.27. The first-order valence-corrected chi connectivity index (χ1v) is 5.98. The standard InChI is InChI=1S/C12H22O4/c1-7(2)10(13)6-9-4-5-11(16-9)8(3)12(14)15/h7-11,13H,4-6H2,1-3H3,(H,14,15)/t8-,9-,10-,11-/m1/s1. The van der Waals surface area contributed by atoms with E-state index >= 15 is 0 Å². The molecule has 2 N–H and O–H groups in total. The van der Waals surface area contributed by atoms with Gasteiger partial charge in [0.1, 0.15) is 0 Å². The van der Waals surface area contributed by atoms with Crippen molar-refractivity contribution < 1.29 is 19.7 Å². The Bertz CT molecular complexity index is 239. The molecule has 0 aliphatic carbocycles. The summed E-state index contributed by atoms with van der Waals surface area (Å²) in [5.41, 5.74) is 0. The lowest BCUT2D eigenvalue weighted by Gasteiger charge is -2.20. The molecule has 0 aromatic heterocycles. The lowest BCUT2D eigenvalue weighted by atomic mass is 9.98. The Kier molecular flexibility index (Phi) is 4.74. The summed E-state index contributed by atoms with van der Waals surface area (Å²) < 4.78 is 5.66. The Hall–Kier alpha value is -0.610. The number of ether oxygens (including phenoxy) is 1. The quantitative estimate of drug-likeness (QED) is 0.753. The van der Waals surface area contributed by atoms with Gasteiger partial charge in [-0.15, -0.1) is 0 Å². The van der Waals surface area contributed by atoms with Crippen LogP contribution >= 0.6 is 0 Å². The Morgan fingerprint density at radius 1 is 1.38 bits per heavy atom. The predicted molar refractivity (Wildman–Crippen MR) is 60.2 cm³/mol. The number of aliphatic carboxylic acids is 1. The van der Waals surface area contributed by atoms with Crippen LogP contribution in [0, 0.1) is 11.8 Å². The summed E-state index contributed by atoms with van der Waals surface area (Å²) >= 11 is 0. The second-order valence-corrected chi connectivity index (χ2v) is 5.05. The van der Waals surface area contributed by atoms with Crippen LogP contribution in [0.4, 0.5) is 0 Å². The number of hydrogen-bond donors (Lipinski definition) is 2. The molecule has 0 aromatic carbocycles. The fraction of sp³-hybridized carbons (Fsp3) is 0.917. The van der Waals surface area contributed by atoms with Crippen molar-refractivity contribution in [3.8, 4) is 0 Å². The van der Waals surface area contributed by atoms with E-state index in [-0.39, 0.29) is 24.2 Å². The van der Waals surface area contributed by atoms with Crippen molar-refractivity contribution in [1.29, 1.82) is 0 Å². The molecule has 1 aliphatic rings. The number of rotatable bonds is 5. The number of aliphatic hydroxyl groups is 1. The minimum absolute atomic E-state index is 0.0178. The van der Waals surface area contributed by atoms with Gasteiger partial charge in [0.15, 0.2) is 0 Å². The fourth-order valence-electron chi connectivity index (χ4n) is 1.98. The maximum atomic E-state index is 10.8. The van der Waals surface area contributed by atoms with Crippen LogP contribution in [0.15, 0.2) is 0 Å². The van der Waals surface area contributed by atoms with Crippen LogP contribution < -0.4 is 0 Å². The Morgan fingerprint density at radius 3 is 2.50 bits per heavy atom. The second-order valence-electron chi connectivity index (χ2n) is 5.05. The lowest BCUT2D eigenvalue weighted by molar-refractivity contribution is -0.146. The van der Waals surface area contributed by atoms with E-state index in [2.05, 4.69) is 0 Å². The van der Waals surface area contributed by atoms with Crippen LogP contribution in [0.25, 0.3) is 0 Å². The molecule has 0 amide bonds. The third kappa shape index (κ3) is 3.46. The van der Waals surface area contributed by atoms with Crippen molar-refractivity contribution in [1.82, 2.24) is 0 Å². The Labute approximate surface area is 96.6 Å². The maximum Gasteiger partial charge on any atom is 0.308 e. The summed E-state index contributed by atoms with van der Waals surface area (Å²) in [6.07, 6.45) is 1.71. The first-order chi connectivity index (χ1) is 7.41. The van der Waals surface area contributed by atoms with Crippen LogP contribution in [0.3, 0.4) is 0 Å². The van der Waals surface area contributed by atoms with E-state index in [0.29, 0.717) is 6.42 Å². The third-order valence-electron chi connectivity index (χ3n) is 3.36. The second kappa shape index (κ2) is 5.64. The molecule has 1 rings (SSSR count). The number of hydrogen-bond acceptors (Lipinski definition) is 3. The highest BCUT2D eigenvalue weighted by Crippen LogP contribution is 2.29. The van der Waals surface area contributed by atoms with Gasteiger partial charge in [-0.3, -0.25) is 4.79 Å². The highest BCUT2D eigenvalue weighted by atomic mass is 16.5. The van der Waals surface area contributed by atoms with Crippen molar-refractivity contribution in [3.63, 3.8) is 0 Å². The van der Waals surface area contributed by atoms with Crippen LogP contribution in [-0.2, 0) is 9.53 Å². The normalized spacial score (nSPS) is 29.3. The molecule has 1 fully saturated rings. The largest absolute Gasteiger partial charge is 0.481 e. The zero-order valence-electron chi connectivity index (χ0n) is 10.2. The molecule has 0 spiro atoms. The van der Waals surface area contributed by atoms with Gasteiger partial charge in [0.05, 0.1) is 24.2 Å². The predicted octanol–water partition coefficient (Wildman–Crippen LogP) is 1.66. The van der Waals surface area contributed by atoms with Crippen molar-refractivity contribution in [3.05, 3.63) is 0 Å². The molecule has 4 nitrogen and oxygen atoms in total. The molecule has 1 saturated heterocycles. The molecule has 4 heteroatoms. The molecule has 0 bridgehead atoms. The number of carboxylic acids is 1. The summed E-state index contributed by atoms with van der Waals surface area (Å²) in [5, 5.41) is 18.6. The van der Waals surface area contributed by atoms with Gasteiger partial charge in [-0.2, -0.15) is 0 Å². The van der Waals surface area contributed by atoms with Crippen LogP contribution in [-0.4, -0.2) is 34.5 Å². The molecule has 4 atom stereocenters. The van der Waals surface area contributed by atoms with E-state index in [9.17, 15) is 9.90 Å². The van der Waals surface area contributed by atoms with Crippen LogP contribution in [0.5, 0.6) is 0 Å². The first-order valence-electron chi connectivity index (χ1n) is 5.98. The van der Waals surface area contributed by atoms with Gasteiger partial charge in [0.2, 0.25) is 0 Å². The summed E-state index contributed by atoms with van der Waals surface area (Å²) in [5.74, 6) is -1.05. The van der Waals surface area contributed by atoms with E-state index in [4.69, 9.17) is 9.84 Å². The van der Waals surface area contributed by atoms with Gasteiger partial charge < -0.3 is 14.9 Å². The summed E-state index contributed by atoms with van der Waals surface area (Å²) in [6.45, 7) is 5.61. The van der Waals surface area contributed by atoms with Crippen LogP contribution in [0.1, 0.15) is 40.0 Å². The third-order valence-corrected chi connectivity index (χ3v) is 3.36. The van der Waals surface area contributed by atoms with Crippen molar-refractivity contribution in [2.24, 2.45) is 11.8 Å². The SMILES string of the molecule is CC(C)[C@H](O)C[C@H]1CC[C@H]([C@@H](C)C(=O)O)O1. The van der Waals surface area contributed by atoms with Crippen molar-refractivity contribution in [2.45, 2.75) is 58.3 Å². The van der Waals surface area contributed by atoms with Gasteiger partial charge in [-0.25, -0.2) is 0 Å². The smallest absolute Gasteiger partial charge is 0.308 e. The molecule has 1 aliphatic heterocycles. The Balaban J connectivity index is 2.38. The number of carboxylic acid groups (broad SMARTS) is 1. The highest BCUT2D eigenvalue weighted by Gasteiger charge is 2.33. The average molecular weight is 230 g/mol. The van der Waals surface area contributed by atoms with E-state index < -0.39 is 11.9 Å². The van der Waals surface area contributed by atoms with E-state index in [1.807, 2.05) is 13.8 Å². The zero-order valence-corrected chi connectivity index (χ0v) is 10.2. The van der Waals surface area contributed by atoms with Gasteiger partial charge in [-0.1, -0.05) is 13.8 Å². The topological polar surface area (TPSA) is 66.8 Å². The van der Waals surface area contributed by atoms with E-state index in [0.717, 1.165) is 12.8 Å². The molecular formula is C12H22O4. The molecule has 0 unspecified atom stereocenters. The number of carbonyl (C=O) groups is 1. The van der Waals surface area contributed by atoms with Crippen LogP contribution in [0.2, 0.25) is 0 Å². The molecule has 0 saturated carbocycles. The summed E-state index contributed by atoms with van der Waals surface area (Å²) in [7, 11) is 0. The first kappa shape index (κ1) is 13.5. The minimum atomic E-state index is -0.810. The van der Waals surface area contributed by atoms with Crippen molar-refractivity contribution >= 4 is 5.97 Å². The molecule has 16 heavy (non-hydrogen) atoms. The monoisotopic (exact) mass is 230 g/mol.